The fourth-order valence-corrected chi connectivity index (χ4v) is 2.48. The van der Waals surface area contributed by atoms with Crippen molar-refractivity contribution in [1.82, 2.24) is 0 Å². The van der Waals surface area contributed by atoms with Crippen LogP contribution >= 0.6 is 0 Å². The van der Waals surface area contributed by atoms with E-state index in [1.807, 2.05) is 30.3 Å². The first-order valence-corrected chi connectivity index (χ1v) is 7.93. The summed E-state index contributed by atoms with van der Waals surface area (Å²) < 4.78 is 9.98. The highest BCUT2D eigenvalue weighted by molar-refractivity contribution is 6.62. The van der Waals surface area contributed by atoms with Crippen molar-refractivity contribution in [2.24, 2.45) is 0 Å². The van der Waals surface area contributed by atoms with Gasteiger partial charge in [0.15, 0.2) is 0 Å². The minimum atomic E-state index is -2.02. The van der Waals surface area contributed by atoms with Crippen molar-refractivity contribution in [3.8, 4) is 11.1 Å². The zero-order valence-electron chi connectivity index (χ0n) is 14.1. The topological polar surface area (TPSA) is 93.1 Å². The highest BCUT2D eigenvalue weighted by Crippen LogP contribution is 2.23. The Kier molecular flexibility index (Phi) is 6.33. The zero-order valence-corrected chi connectivity index (χ0v) is 14.1. The number of hydrogen-bond donors (Lipinski definition) is 2. The van der Waals surface area contributed by atoms with Gasteiger partial charge in [0.1, 0.15) is 0 Å². The first-order valence-electron chi connectivity index (χ1n) is 7.93. The standard InChI is InChI=1S/C18H19BO6/c1-3-24-17(20)14-10-13(12-8-6-5-7-9-12)11-15(16(14)19(22)23)18(21)25-4-2/h5-11,22-23H,3-4H2,1-2H3. The molecule has 0 saturated heterocycles. The largest absolute Gasteiger partial charge is 0.490 e. The number of esters is 2. The highest BCUT2D eigenvalue weighted by atomic mass is 16.5. The summed E-state index contributed by atoms with van der Waals surface area (Å²) >= 11 is 0. The van der Waals surface area contributed by atoms with E-state index in [0.717, 1.165) is 5.56 Å². The summed E-state index contributed by atoms with van der Waals surface area (Å²) in [5.74, 6) is -1.48. The molecule has 2 aromatic carbocycles. The van der Waals surface area contributed by atoms with Gasteiger partial charge in [-0.3, -0.25) is 0 Å². The van der Waals surface area contributed by atoms with Crippen molar-refractivity contribution in [2.75, 3.05) is 13.2 Å². The van der Waals surface area contributed by atoms with Gasteiger partial charge in [0.2, 0.25) is 0 Å². The van der Waals surface area contributed by atoms with Gasteiger partial charge in [-0.1, -0.05) is 30.3 Å². The second-order valence-electron chi connectivity index (χ2n) is 5.17. The van der Waals surface area contributed by atoms with Crippen molar-refractivity contribution in [3.63, 3.8) is 0 Å². The maximum Gasteiger partial charge on any atom is 0.490 e. The van der Waals surface area contributed by atoms with Gasteiger partial charge in [-0.15, -0.1) is 0 Å². The fourth-order valence-electron chi connectivity index (χ4n) is 2.48. The molecule has 2 N–H and O–H groups in total. The van der Waals surface area contributed by atoms with E-state index in [4.69, 9.17) is 9.47 Å². The monoisotopic (exact) mass is 342 g/mol. The number of benzene rings is 2. The Balaban J connectivity index is 2.72. The molecule has 0 heterocycles. The first-order chi connectivity index (χ1) is 12.0. The third kappa shape index (κ3) is 4.26. The van der Waals surface area contributed by atoms with E-state index >= 15 is 0 Å². The molecule has 6 nitrogen and oxygen atoms in total. The smallest absolute Gasteiger partial charge is 0.462 e. The molecule has 0 aliphatic heterocycles. The molecule has 2 rings (SSSR count). The van der Waals surface area contributed by atoms with Gasteiger partial charge < -0.3 is 19.5 Å². The zero-order chi connectivity index (χ0) is 18.4. The molecular weight excluding hydrogens is 323 g/mol. The van der Waals surface area contributed by atoms with Crippen LogP contribution in [0, 0.1) is 0 Å². The summed E-state index contributed by atoms with van der Waals surface area (Å²) in [6, 6.07) is 12.1. The van der Waals surface area contributed by atoms with Gasteiger partial charge in [0, 0.05) is 5.46 Å². The maximum absolute atomic E-state index is 12.3. The predicted molar refractivity (Wildman–Crippen MR) is 93.6 cm³/mol. The van der Waals surface area contributed by atoms with Crippen molar-refractivity contribution >= 4 is 24.5 Å². The molecule has 7 heteroatoms. The number of carbonyl (C=O) groups excluding carboxylic acids is 2. The lowest BCUT2D eigenvalue weighted by Gasteiger charge is -2.15. The molecule has 0 aromatic heterocycles. The van der Waals surface area contributed by atoms with Gasteiger partial charge >= 0.3 is 19.1 Å². The van der Waals surface area contributed by atoms with Gasteiger partial charge in [0.25, 0.3) is 0 Å². The van der Waals surface area contributed by atoms with Crippen LogP contribution in [0.2, 0.25) is 0 Å². The minimum absolute atomic E-state index is 0.0822. The van der Waals surface area contributed by atoms with Crippen LogP contribution in [0.15, 0.2) is 42.5 Å². The second-order valence-corrected chi connectivity index (χ2v) is 5.17. The molecule has 0 fully saturated rings. The van der Waals surface area contributed by atoms with Gasteiger partial charge in [-0.25, -0.2) is 9.59 Å². The first kappa shape index (κ1) is 18.7. The van der Waals surface area contributed by atoms with E-state index in [9.17, 15) is 19.6 Å². The van der Waals surface area contributed by atoms with Crippen LogP contribution in [0.4, 0.5) is 0 Å². The lowest BCUT2D eigenvalue weighted by atomic mass is 9.72. The van der Waals surface area contributed by atoms with Crippen LogP contribution < -0.4 is 5.46 Å². The van der Waals surface area contributed by atoms with Crippen molar-refractivity contribution in [1.29, 1.82) is 0 Å². The van der Waals surface area contributed by atoms with Crippen LogP contribution in [0.1, 0.15) is 34.6 Å². The highest BCUT2D eigenvalue weighted by Gasteiger charge is 2.29. The van der Waals surface area contributed by atoms with Gasteiger partial charge in [-0.05, 0) is 37.1 Å². The fraction of sp³-hybridized carbons (Fsp3) is 0.222. The van der Waals surface area contributed by atoms with E-state index in [0.29, 0.717) is 5.56 Å². The van der Waals surface area contributed by atoms with E-state index < -0.39 is 19.1 Å². The van der Waals surface area contributed by atoms with Gasteiger partial charge in [-0.2, -0.15) is 0 Å². The lowest BCUT2D eigenvalue weighted by Crippen LogP contribution is -2.40. The number of carbonyl (C=O) groups is 2. The van der Waals surface area contributed by atoms with Crippen LogP contribution in [-0.2, 0) is 9.47 Å². The molecular formula is C18H19BO6. The third-order valence-corrected chi connectivity index (χ3v) is 3.54. The molecule has 0 bridgehead atoms. The van der Waals surface area contributed by atoms with Gasteiger partial charge in [0.05, 0.1) is 24.3 Å². The number of hydrogen-bond acceptors (Lipinski definition) is 6. The molecule has 0 saturated carbocycles. The van der Waals surface area contributed by atoms with E-state index in [2.05, 4.69) is 0 Å². The van der Waals surface area contributed by atoms with Crippen LogP contribution in [-0.4, -0.2) is 42.3 Å². The molecule has 0 aliphatic carbocycles. The third-order valence-electron chi connectivity index (χ3n) is 3.54. The summed E-state index contributed by atoms with van der Waals surface area (Å²) in [5, 5.41) is 19.4. The second kappa shape index (κ2) is 8.46. The van der Waals surface area contributed by atoms with Crippen LogP contribution in [0.5, 0.6) is 0 Å². The maximum atomic E-state index is 12.3. The normalized spacial score (nSPS) is 10.2. The Morgan fingerprint density at radius 2 is 1.36 bits per heavy atom. The van der Waals surface area contributed by atoms with E-state index in [1.165, 1.54) is 12.1 Å². The quantitative estimate of drug-likeness (QED) is 0.609. The average Bonchev–Trinajstić information content (AvgIpc) is 2.61. The Morgan fingerprint density at radius 1 is 0.880 bits per heavy atom. The molecule has 25 heavy (non-hydrogen) atoms. The average molecular weight is 342 g/mol. The SMILES string of the molecule is CCOC(=O)c1cc(-c2ccccc2)cc(C(=O)OCC)c1B(O)O. The summed E-state index contributed by atoms with van der Waals surface area (Å²) in [4.78, 5) is 24.6. The summed E-state index contributed by atoms with van der Waals surface area (Å²) in [7, 11) is -2.02. The molecule has 0 atom stereocenters. The minimum Gasteiger partial charge on any atom is -0.462 e. The molecule has 0 unspecified atom stereocenters. The molecule has 0 amide bonds. The van der Waals surface area contributed by atoms with Crippen molar-refractivity contribution < 1.29 is 29.1 Å². The molecule has 0 aliphatic rings. The molecule has 130 valence electrons. The van der Waals surface area contributed by atoms with E-state index in [1.54, 1.807) is 13.8 Å². The summed E-state index contributed by atoms with van der Waals surface area (Å²) in [6.07, 6.45) is 0. The molecule has 0 radical (unpaired) electrons. The Morgan fingerprint density at radius 3 is 1.76 bits per heavy atom. The summed E-state index contributed by atoms with van der Waals surface area (Å²) in [6.45, 7) is 3.51. The summed E-state index contributed by atoms with van der Waals surface area (Å²) in [5.41, 5.74) is 0.938. The molecule has 2 aromatic rings. The Hall–Kier alpha value is -2.64. The van der Waals surface area contributed by atoms with Crippen molar-refractivity contribution in [2.45, 2.75) is 13.8 Å². The van der Waals surface area contributed by atoms with Crippen LogP contribution in [0.3, 0.4) is 0 Å². The van der Waals surface area contributed by atoms with Crippen LogP contribution in [0.25, 0.3) is 11.1 Å². The van der Waals surface area contributed by atoms with Crippen molar-refractivity contribution in [3.05, 3.63) is 53.6 Å². The number of rotatable bonds is 6. The Labute approximate surface area is 146 Å². The number of ether oxygens (including phenoxy) is 2. The predicted octanol–water partition coefficient (Wildman–Crippen LogP) is 1.39. The lowest BCUT2D eigenvalue weighted by molar-refractivity contribution is 0.0527. The molecule has 0 spiro atoms. The van der Waals surface area contributed by atoms with E-state index in [-0.39, 0.29) is 29.8 Å². The Bertz CT molecular complexity index is 718.